The molecule has 0 atom stereocenters. The minimum Gasteiger partial charge on any atom is -0.496 e. The van der Waals surface area contributed by atoms with Gasteiger partial charge in [-0.2, -0.15) is 4.31 Å². The van der Waals surface area contributed by atoms with Crippen LogP contribution in [-0.2, 0) is 10.0 Å². The molecule has 8 heteroatoms. The lowest BCUT2D eigenvalue weighted by Crippen LogP contribution is -2.48. The Balaban J connectivity index is 1.60. The van der Waals surface area contributed by atoms with E-state index in [0.717, 1.165) is 11.1 Å². The zero-order valence-corrected chi connectivity index (χ0v) is 18.1. The molecule has 0 bridgehead atoms. The maximum absolute atomic E-state index is 13.4. The minimum atomic E-state index is -3.63. The number of benzene rings is 3. The normalized spacial score (nSPS) is 15.6. The van der Waals surface area contributed by atoms with Crippen LogP contribution in [0.2, 0.25) is 10.0 Å². The molecule has 152 valence electrons. The monoisotopic (exact) mass is 450 g/mol. The van der Waals surface area contributed by atoms with E-state index in [4.69, 9.17) is 27.9 Å². The van der Waals surface area contributed by atoms with E-state index < -0.39 is 10.0 Å². The molecule has 0 unspecified atom stereocenters. The number of hydrogen-bond donors (Lipinski definition) is 0. The standard InChI is InChI=1S/C21H20Cl2N2O3S/c1-28-20-8-9-21(17-5-3-2-4-16(17)20)29(26,27)25-12-10-24(11-13-25)15-6-7-18(22)19(23)14-15/h2-9,14H,10-13H2,1H3. The number of nitrogens with zero attached hydrogens (tertiary/aromatic N) is 2. The van der Waals surface area contributed by atoms with E-state index in [1.807, 2.05) is 36.4 Å². The van der Waals surface area contributed by atoms with Gasteiger partial charge in [0, 0.05) is 42.6 Å². The molecule has 29 heavy (non-hydrogen) atoms. The summed E-state index contributed by atoms with van der Waals surface area (Å²) in [4.78, 5) is 2.41. The third-order valence-electron chi connectivity index (χ3n) is 5.19. The van der Waals surface area contributed by atoms with Crippen LogP contribution >= 0.6 is 23.2 Å². The lowest BCUT2D eigenvalue weighted by Gasteiger charge is -2.35. The highest BCUT2D eigenvalue weighted by molar-refractivity contribution is 7.89. The fourth-order valence-corrected chi connectivity index (χ4v) is 5.56. The maximum atomic E-state index is 13.4. The molecule has 1 aliphatic heterocycles. The lowest BCUT2D eigenvalue weighted by atomic mass is 10.1. The van der Waals surface area contributed by atoms with Crippen LogP contribution < -0.4 is 9.64 Å². The van der Waals surface area contributed by atoms with Crippen molar-refractivity contribution in [2.75, 3.05) is 38.2 Å². The molecule has 0 radical (unpaired) electrons. The van der Waals surface area contributed by atoms with Crippen molar-refractivity contribution < 1.29 is 13.2 Å². The Hall–Kier alpha value is -1.99. The summed E-state index contributed by atoms with van der Waals surface area (Å²) >= 11 is 12.1. The molecule has 3 aromatic carbocycles. The first-order chi connectivity index (χ1) is 13.9. The third kappa shape index (κ3) is 3.78. The predicted octanol–water partition coefficient (Wildman–Crippen LogP) is 4.67. The van der Waals surface area contributed by atoms with Crippen molar-refractivity contribution in [3.63, 3.8) is 0 Å². The van der Waals surface area contributed by atoms with E-state index in [1.165, 1.54) is 4.31 Å². The van der Waals surface area contributed by atoms with Gasteiger partial charge >= 0.3 is 0 Å². The first-order valence-corrected chi connectivity index (χ1v) is 11.4. The highest BCUT2D eigenvalue weighted by Crippen LogP contribution is 2.33. The summed E-state index contributed by atoms with van der Waals surface area (Å²) in [5.41, 5.74) is 0.936. The topological polar surface area (TPSA) is 49.9 Å². The molecule has 1 fully saturated rings. The van der Waals surface area contributed by atoms with Gasteiger partial charge in [-0.15, -0.1) is 0 Å². The minimum absolute atomic E-state index is 0.303. The van der Waals surface area contributed by atoms with Crippen molar-refractivity contribution >= 4 is 49.7 Å². The van der Waals surface area contributed by atoms with Crippen LogP contribution in [-0.4, -0.2) is 46.0 Å². The van der Waals surface area contributed by atoms with Crippen molar-refractivity contribution in [1.29, 1.82) is 0 Å². The smallest absolute Gasteiger partial charge is 0.243 e. The highest BCUT2D eigenvalue weighted by Gasteiger charge is 2.30. The van der Waals surface area contributed by atoms with Crippen LogP contribution in [0.1, 0.15) is 0 Å². The summed E-state index contributed by atoms with van der Waals surface area (Å²) in [5, 5.41) is 2.44. The average Bonchev–Trinajstić information content (AvgIpc) is 2.75. The van der Waals surface area contributed by atoms with Gasteiger partial charge in [0.25, 0.3) is 0 Å². The average molecular weight is 451 g/mol. The lowest BCUT2D eigenvalue weighted by molar-refractivity contribution is 0.385. The fourth-order valence-electron chi connectivity index (χ4n) is 3.65. The number of piperazine rings is 1. The Morgan fingerprint density at radius 1 is 0.862 bits per heavy atom. The van der Waals surface area contributed by atoms with Crippen LogP contribution in [0.3, 0.4) is 0 Å². The van der Waals surface area contributed by atoms with E-state index in [2.05, 4.69) is 4.90 Å². The number of sulfonamides is 1. The second-order valence-electron chi connectivity index (χ2n) is 6.80. The highest BCUT2D eigenvalue weighted by atomic mass is 35.5. The summed E-state index contributed by atoms with van der Waals surface area (Å²) in [6, 6.07) is 16.2. The van der Waals surface area contributed by atoms with E-state index in [0.29, 0.717) is 52.3 Å². The van der Waals surface area contributed by atoms with Gasteiger partial charge in [0.2, 0.25) is 10.0 Å². The van der Waals surface area contributed by atoms with E-state index >= 15 is 0 Å². The predicted molar refractivity (Wildman–Crippen MR) is 118 cm³/mol. The number of rotatable bonds is 4. The molecule has 0 N–H and O–H groups in total. The first-order valence-electron chi connectivity index (χ1n) is 9.17. The molecule has 0 saturated carbocycles. The molecule has 0 amide bonds. The number of anilines is 1. The Morgan fingerprint density at radius 2 is 1.55 bits per heavy atom. The molecular formula is C21H20Cl2N2O3S. The Labute approximate surface area is 180 Å². The van der Waals surface area contributed by atoms with Gasteiger partial charge in [0.15, 0.2) is 0 Å². The van der Waals surface area contributed by atoms with Crippen LogP contribution in [0.25, 0.3) is 10.8 Å². The van der Waals surface area contributed by atoms with Crippen molar-refractivity contribution in [1.82, 2.24) is 4.31 Å². The van der Waals surface area contributed by atoms with Crippen molar-refractivity contribution in [2.45, 2.75) is 4.90 Å². The molecule has 1 saturated heterocycles. The van der Waals surface area contributed by atoms with Crippen molar-refractivity contribution in [3.05, 3.63) is 64.6 Å². The van der Waals surface area contributed by atoms with E-state index in [1.54, 1.807) is 25.3 Å². The number of methoxy groups -OCH3 is 1. The second-order valence-corrected chi connectivity index (χ2v) is 9.52. The van der Waals surface area contributed by atoms with Crippen LogP contribution in [0.4, 0.5) is 5.69 Å². The van der Waals surface area contributed by atoms with Crippen LogP contribution in [0.15, 0.2) is 59.5 Å². The van der Waals surface area contributed by atoms with Gasteiger partial charge in [0.05, 0.1) is 22.1 Å². The SMILES string of the molecule is COc1ccc(S(=O)(=O)N2CCN(c3ccc(Cl)c(Cl)c3)CC2)c2ccccc12. The van der Waals surface area contributed by atoms with Gasteiger partial charge in [-0.3, -0.25) is 0 Å². The summed E-state index contributed by atoms with van der Waals surface area (Å²) in [5.74, 6) is 0.656. The summed E-state index contributed by atoms with van der Waals surface area (Å²) in [7, 11) is -2.05. The number of fused-ring (bicyclic) bond motifs is 1. The van der Waals surface area contributed by atoms with Crippen LogP contribution in [0.5, 0.6) is 5.75 Å². The van der Waals surface area contributed by atoms with Gasteiger partial charge in [-0.05, 0) is 30.3 Å². The summed E-state index contributed by atoms with van der Waals surface area (Å²) in [6.45, 7) is 1.93. The molecule has 0 spiro atoms. The van der Waals surface area contributed by atoms with Gasteiger partial charge in [-0.1, -0.05) is 47.5 Å². The van der Waals surface area contributed by atoms with Gasteiger partial charge in [-0.25, -0.2) is 8.42 Å². The fraction of sp³-hybridized carbons (Fsp3) is 0.238. The second kappa shape index (κ2) is 8.03. The molecule has 3 aromatic rings. The van der Waals surface area contributed by atoms with E-state index in [-0.39, 0.29) is 0 Å². The largest absolute Gasteiger partial charge is 0.496 e. The van der Waals surface area contributed by atoms with Crippen molar-refractivity contribution in [2.24, 2.45) is 0 Å². The Kier molecular flexibility index (Phi) is 5.62. The third-order valence-corrected chi connectivity index (χ3v) is 7.88. The molecule has 1 aliphatic rings. The molecule has 5 nitrogen and oxygen atoms in total. The maximum Gasteiger partial charge on any atom is 0.243 e. The molecule has 1 heterocycles. The molecular weight excluding hydrogens is 431 g/mol. The molecule has 0 aliphatic carbocycles. The zero-order valence-electron chi connectivity index (χ0n) is 15.8. The first kappa shape index (κ1) is 20.3. The quantitative estimate of drug-likeness (QED) is 0.579. The van der Waals surface area contributed by atoms with Gasteiger partial charge < -0.3 is 9.64 Å². The Morgan fingerprint density at radius 3 is 2.21 bits per heavy atom. The zero-order chi connectivity index (χ0) is 20.6. The Bertz CT molecular complexity index is 1160. The van der Waals surface area contributed by atoms with E-state index in [9.17, 15) is 8.42 Å². The number of hydrogen-bond acceptors (Lipinski definition) is 4. The van der Waals surface area contributed by atoms with Crippen LogP contribution in [0, 0.1) is 0 Å². The molecule has 4 rings (SSSR count). The van der Waals surface area contributed by atoms with Gasteiger partial charge in [0.1, 0.15) is 5.75 Å². The number of ether oxygens (including phenoxy) is 1. The summed E-state index contributed by atoms with van der Waals surface area (Å²) in [6.07, 6.45) is 0. The van der Waals surface area contributed by atoms with Crippen molar-refractivity contribution in [3.8, 4) is 5.75 Å². The molecule has 0 aromatic heterocycles. The number of halogens is 2. The summed E-state index contributed by atoms with van der Waals surface area (Å²) < 4.78 is 33.7.